The predicted molar refractivity (Wildman–Crippen MR) is 108 cm³/mol. The largest absolute Gasteiger partial charge is 1.00 e. The molecule has 2 N–H and O–H groups in total. The summed E-state index contributed by atoms with van der Waals surface area (Å²) in [7, 11) is -1.88. The minimum atomic E-state index is -1.88. The zero-order valence-corrected chi connectivity index (χ0v) is 17.0. The highest BCUT2D eigenvalue weighted by Crippen LogP contribution is 2.58. The minimum Gasteiger partial charge on any atom is -1.00 e. The topological polar surface area (TPSA) is 26.0 Å². The van der Waals surface area contributed by atoms with E-state index in [2.05, 4.69) is 97.9 Å². The summed E-state index contributed by atoms with van der Waals surface area (Å²) in [6, 6.07) is 32.6. The van der Waals surface area contributed by atoms with Crippen LogP contribution in [0.5, 0.6) is 0 Å². The van der Waals surface area contributed by atoms with E-state index in [1.807, 2.05) is 0 Å². The van der Waals surface area contributed by atoms with Crippen LogP contribution >= 0.6 is 7.26 Å². The van der Waals surface area contributed by atoms with Crippen molar-refractivity contribution in [1.82, 2.24) is 0 Å². The van der Waals surface area contributed by atoms with E-state index < -0.39 is 7.26 Å². The molecule has 0 fully saturated rings. The molecule has 3 aromatic rings. The lowest BCUT2D eigenvalue weighted by Crippen LogP contribution is -3.00. The van der Waals surface area contributed by atoms with Crippen LogP contribution in [-0.2, 0) is 0 Å². The highest BCUT2D eigenvalue weighted by Gasteiger charge is 2.50. The first-order valence-electron chi connectivity index (χ1n) is 8.61. The van der Waals surface area contributed by atoms with Crippen LogP contribution in [0.2, 0.25) is 0 Å². The average Bonchev–Trinajstić information content (AvgIpc) is 2.65. The van der Waals surface area contributed by atoms with Gasteiger partial charge in [-0.05, 0) is 42.8 Å². The van der Waals surface area contributed by atoms with E-state index >= 15 is 0 Å². The fourth-order valence-corrected chi connectivity index (χ4v) is 8.12. The van der Waals surface area contributed by atoms with E-state index in [-0.39, 0.29) is 22.8 Å². The number of nitrogens with two attached hydrogens (primary N) is 1. The molecular formula is C22H25BrNP. The molecule has 3 aromatic carbocycles. The maximum absolute atomic E-state index is 6.91. The standard InChI is InChI=1S/C22H25NP.BrH/c1-2-12-22(23)24(19-13-6-3-7-14-19,20-15-8-4-9-16-20)21-17-10-5-11-18-21;/h3-11,13-18,22H,2,12,23H2,1H3;1H/q+1;/p-1. The third-order valence-corrected chi connectivity index (χ3v) is 9.16. The molecule has 0 amide bonds. The molecule has 0 aliphatic rings. The van der Waals surface area contributed by atoms with Gasteiger partial charge in [0.25, 0.3) is 0 Å². The molecular weight excluding hydrogens is 389 g/mol. The molecule has 1 nitrogen and oxygen atoms in total. The number of rotatable bonds is 6. The van der Waals surface area contributed by atoms with E-state index in [4.69, 9.17) is 5.73 Å². The summed E-state index contributed by atoms with van der Waals surface area (Å²) in [5.41, 5.74) is 6.91. The van der Waals surface area contributed by atoms with Gasteiger partial charge >= 0.3 is 0 Å². The summed E-state index contributed by atoms with van der Waals surface area (Å²) in [5.74, 6) is 0.120. The van der Waals surface area contributed by atoms with Gasteiger partial charge in [-0.3, -0.25) is 5.73 Å². The predicted octanol–water partition coefficient (Wildman–Crippen LogP) is 1.07. The van der Waals surface area contributed by atoms with Gasteiger partial charge in [-0.2, -0.15) is 0 Å². The molecule has 1 unspecified atom stereocenters. The molecule has 0 radical (unpaired) electrons. The van der Waals surface area contributed by atoms with Crippen molar-refractivity contribution in [3.05, 3.63) is 91.0 Å². The summed E-state index contributed by atoms with van der Waals surface area (Å²) in [6.45, 7) is 2.22. The average molecular weight is 414 g/mol. The molecule has 0 heterocycles. The molecule has 130 valence electrons. The van der Waals surface area contributed by atoms with Crippen molar-refractivity contribution >= 4 is 23.2 Å². The lowest BCUT2D eigenvalue weighted by atomic mass is 10.3. The first-order valence-corrected chi connectivity index (χ1v) is 10.5. The third kappa shape index (κ3) is 3.87. The van der Waals surface area contributed by atoms with Crippen LogP contribution in [0, 0.1) is 0 Å². The van der Waals surface area contributed by atoms with Crippen LogP contribution in [-0.4, -0.2) is 5.78 Å². The highest BCUT2D eigenvalue weighted by atomic mass is 79.9. The number of benzene rings is 3. The van der Waals surface area contributed by atoms with Gasteiger partial charge < -0.3 is 17.0 Å². The quantitative estimate of drug-likeness (QED) is 0.601. The van der Waals surface area contributed by atoms with Crippen molar-refractivity contribution in [1.29, 1.82) is 0 Å². The molecule has 0 aromatic heterocycles. The minimum absolute atomic E-state index is 0. The first kappa shape index (κ1) is 19.8. The molecule has 0 aliphatic heterocycles. The molecule has 0 saturated heterocycles. The summed E-state index contributed by atoms with van der Waals surface area (Å²) >= 11 is 0. The second kappa shape index (κ2) is 9.29. The van der Waals surface area contributed by atoms with Crippen LogP contribution in [0.1, 0.15) is 19.8 Å². The number of hydrogen-bond acceptors (Lipinski definition) is 1. The monoisotopic (exact) mass is 413 g/mol. The van der Waals surface area contributed by atoms with Crippen molar-refractivity contribution in [2.45, 2.75) is 25.5 Å². The van der Waals surface area contributed by atoms with Gasteiger partial charge in [0, 0.05) is 0 Å². The van der Waals surface area contributed by atoms with Crippen LogP contribution < -0.4 is 38.6 Å². The van der Waals surface area contributed by atoms with Gasteiger partial charge in [0.1, 0.15) is 29.0 Å². The van der Waals surface area contributed by atoms with Crippen LogP contribution in [0.25, 0.3) is 0 Å². The molecule has 0 bridgehead atoms. The second-order valence-electron chi connectivity index (χ2n) is 6.09. The maximum atomic E-state index is 6.91. The van der Waals surface area contributed by atoms with Crippen molar-refractivity contribution in [2.75, 3.05) is 0 Å². The van der Waals surface area contributed by atoms with Crippen LogP contribution in [0.4, 0.5) is 0 Å². The van der Waals surface area contributed by atoms with Crippen molar-refractivity contribution in [2.24, 2.45) is 5.73 Å². The lowest BCUT2D eigenvalue weighted by molar-refractivity contribution is -0.00000484. The van der Waals surface area contributed by atoms with Gasteiger partial charge in [0.2, 0.25) is 0 Å². The SMILES string of the molecule is CCCC(N)[P+](c1ccccc1)(c1ccccc1)c1ccccc1.[Br-]. The van der Waals surface area contributed by atoms with Gasteiger partial charge in [0.15, 0.2) is 0 Å². The summed E-state index contributed by atoms with van der Waals surface area (Å²) in [5, 5.41) is 4.09. The number of hydrogen-bond donors (Lipinski definition) is 1. The number of halogens is 1. The Morgan fingerprint density at radius 3 is 1.28 bits per heavy atom. The molecule has 0 spiro atoms. The Kier molecular flexibility index (Phi) is 7.38. The van der Waals surface area contributed by atoms with Crippen LogP contribution in [0.3, 0.4) is 0 Å². The third-order valence-electron chi connectivity index (χ3n) is 4.57. The maximum Gasteiger partial charge on any atom is 0.131 e. The van der Waals surface area contributed by atoms with Gasteiger partial charge in [0.05, 0.1) is 0 Å². The molecule has 25 heavy (non-hydrogen) atoms. The van der Waals surface area contributed by atoms with E-state index in [0.29, 0.717) is 0 Å². The van der Waals surface area contributed by atoms with Gasteiger partial charge in [-0.15, -0.1) is 0 Å². The fourth-order valence-electron chi connectivity index (χ4n) is 3.50. The Morgan fingerprint density at radius 2 is 1.00 bits per heavy atom. The Hall–Kier alpha value is -1.47. The van der Waals surface area contributed by atoms with Crippen molar-refractivity contribution in [3.8, 4) is 0 Å². The molecule has 3 rings (SSSR count). The Morgan fingerprint density at radius 1 is 0.680 bits per heavy atom. The molecule has 1 atom stereocenters. The molecule has 0 saturated carbocycles. The zero-order chi connectivity index (χ0) is 16.8. The normalized spacial score (nSPS) is 12.2. The van der Waals surface area contributed by atoms with E-state index in [1.165, 1.54) is 15.9 Å². The summed E-state index contributed by atoms with van der Waals surface area (Å²) < 4.78 is 0. The van der Waals surface area contributed by atoms with E-state index in [0.717, 1.165) is 12.8 Å². The zero-order valence-electron chi connectivity index (χ0n) is 14.6. The van der Waals surface area contributed by atoms with E-state index in [9.17, 15) is 0 Å². The smallest absolute Gasteiger partial charge is 0.131 e. The fraction of sp³-hybridized carbons (Fsp3) is 0.182. The highest BCUT2D eigenvalue weighted by molar-refractivity contribution is 7.96. The van der Waals surface area contributed by atoms with E-state index in [1.54, 1.807) is 0 Å². The van der Waals surface area contributed by atoms with Crippen molar-refractivity contribution in [3.63, 3.8) is 0 Å². The Bertz CT molecular complexity index is 650. The molecule has 3 heteroatoms. The second-order valence-corrected chi connectivity index (χ2v) is 9.74. The summed E-state index contributed by atoms with van der Waals surface area (Å²) in [6.07, 6.45) is 2.11. The Balaban J connectivity index is 0.00000225. The Labute approximate surface area is 162 Å². The van der Waals surface area contributed by atoms with Gasteiger partial charge in [-0.25, -0.2) is 0 Å². The summed E-state index contributed by atoms with van der Waals surface area (Å²) in [4.78, 5) is 0. The lowest BCUT2D eigenvalue weighted by Gasteiger charge is -2.32. The molecule has 0 aliphatic carbocycles. The van der Waals surface area contributed by atoms with Gasteiger partial charge in [-0.1, -0.05) is 67.9 Å². The van der Waals surface area contributed by atoms with Crippen LogP contribution in [0.15, 0.2) is 91.0 Å². The first-order chi connectivity index (χ1) is 11.8. The van der Waals surface area contributed by atoms with Crippen molar-refractivity contribution < 1.29 is 17.0 Å².